The van der Waals surface area contributed by atoms with Gasteiger partial charge in [-0.05, 0) is 64.6 Å². The first-order valence-corrected chi connectivity index (χ1v) is 8.56. The van der Waals surface area contributed by atoms with Gasteiger partial charge in [-0.2, -0.15) is 13.2 Å². The van der Waals surface area contributed by atoms with Crippen molar-refractivity contribution in [3.63, 3.8) is 0 Å². The summed E-state index contributed by atoms with van der Waals surface area (Å²) in [7, 11) is 4.25. The third kappa shape index (κ3) is 5.46. The number of hydrogen-bond donors (Lipinski definition) is 1. The third-order valence-corrected chi connectivity index (χ3v) is 4.88. The first-order chi connectivity index (χ1) is 11.3. The normalized spacial score (nSPS) is 19.0. The van der Waals surface area contributed by atoms with E-state index in [9.17, 15) is 13.2 Å². The Morgan fingerprint density at radius 1 is 1.25 bits per heavy atom. The zero-order valence-corrected chi connectivity index (χ0v) is 14.7. The van der Waals surface area contributed by atoms with Crippen LogP contribution in [0.4, 0.5) is 13.2 Å². The van der Waals surface area contributed by atoms with Crippen molar-refractivity contribution in [2.24, 2.45) is 0 Å². The first-order valence-electron chi connectivity index (χ1n) is 8.56. The third-order valence-electron chi connectivity index (χ3n) is 4.88. The van der Waals surface area contributed by atoms with E-state index >= 15 is 0 Å². The average Bonchev–Trinajstić information content (AvgIpc) is 2.54. The van der Waals surface area contributed by atoms with E-state index in [4.69, 9.17) is 0 Å². The van der Waals surface area contributed by atoms with Gasteiger partial charge in [0.15, 0.2) is 0 Å². The van der Waals surface area contributed by atoms with Gasteiger partial charge < -0.3 is 15.1 Å². The molecule has 1 aliphatic heterocycles. The zero-order valence-electron chi connectivity index (χ0n) is 14.7. The number of nitrogens with zero attached hydrogens (tertiary/aromatic N) is 2. The summed E-state index contributed by atoms with van der Waals surface area (Å²) in [6, 6.07) is 6.15. The van der Waals surface area contributed by atoms with Gasteiger partial charge in [-0.15, -0.1) is 0 Å². The van der Waals surface area contributed by atoms with Crippen molar-refractivity contribution in [1.82, 2.24) is 15.1 Å². The molecule has 6 heteroatoms. The number of piperidine rings is 1. The van der Waals surface area contributed by atoms with Crippen LogP contribution in [0.15, 0.2) is 24.3 Å². The lowest BCUT2D eigenvalue weighted by molar-refractivity contribution is -0.137. The van der Waals surface area contributed by atoms with Crippen molar-refractivity contribution in [3.8, 4) is 0 Å². The van der Waals surface area contributed by atoms with E-state index < -0.39 is 11.7 Å². The molecule has 0 bridgehead atoms. The summed E-state index contributed by atoms with van der Waals surface area (Å²) in [5, 5.41) is 3.34. The Bertz CT molecular complexity index is 508. The Labute approximate surface area is 142 Å². The highest BCUT2D eigenvalue weighted by Gasteiger charge is 2.30. The van der Waals surface area contributed by atoms with Crippen molar-refractivity contribution < 1.29 is 13.2 Å². The molecule has 0 radical (unpaired) electrons. The Hall–Kier alpha value is -1.11. The molecule has 1 aliphatic rings. The van der Waals surface area contributed by atoms with Gasteiger partial charge in [-0.25, -0.2) is 0 Å². The van der Waals surface area contributed by atoms with Crippen molar-refractivity contribution >= 4 is 0 Å². The number of hydrogen-bond acceptors (Lipinski definition) is 3. The Morgan fingerprint density at radius 3 is 2.50 bits per heavy atom. The van der Waals surface area contributed by atoms with Crippen LogP contribution in [0, 0.1) is 0 Å². The number of halogens is 3. The summed E-state index contributed by atoms with van der Waals surface area (Å²) in [6.07, 6.45) is -1.93. The summed E-state index contributed by atoms with van der Waals surface area (Å²) in [4.78, 5) is 4.71. The summed E-state index contributed by atoms with van der Waals surface area (Å²) < 4.78 is 38.4. The summed E-state index contributed by atoms with van der Waals surface area (Å²) >= 11 is 0. The standard InChI is InChI=1S/C18H28F3N3/c1-14(15-5-4-6-16(13-15)18(19,20)21)22-9-12-24-10-7-17(8-11-24)23(2)3/h4-6,13-14,17,22H,7-12H2,1-3H3/t14-/m0/s1. The molecular formula is C18H28F3N3. The molecule has 0 saturated carbocycles. The fraction of sp³-hybridized carbons (Fsp3) is 0.667. The van der Waals surface area contributed by atoms with E-state index in [1.165, 1.54) is 25.0 Å². The highest BCUT2D eigenvalue weighted by Crippen LogP contribution is 2.30. The summed E-state index contributed by atoms with van der Waals surface area (Å²) in [5.74, 6) is 0. The zero-order chi connectivity index (χ0) is 17.7. The summed E-state index contributed by atoms with van der Waals surface area (Å²) in [6.45, 7) is 5.80. The predicted octanol–water partition coefficient (Wildman–Crippen LogP) is 3.38. The summed E-state index contributed by atoms with van der Waals surface area (Å²) in [5.41, 5.74) is 0.0931. The monoisotopic (exact) mass is 343 g/mol. The maximum absolute atomic E-state index is 12.8. The molecule has 3 nitrogen and oxygen atoms in total. The van der Waals surface area contributed by atoms with E-state index in [1.807, 2.05) is 6.92 Å². The van der Waals surface area contributed by atoms with Crippen LogP contribution in [0.3, 0.4) is 0 Å². The lowest BCUT2D eigenvalue weighted by atomic mass is 10.0. The van der Waals surface area contributed by atoms with Crippen LogP contribution < -0.4 is 5.32 Å². The largest absolute Gasteiger partial charge is 0.416 e. The molecule has 1 heterocycles. The van der Waals surface area contributed by atoms with Gasteiger partial charge in [-0.1, -0.05) is 12.1 Å². The van der Waals surface area contributed by atoms with Crippen molar-refractivity contribution in [3.05, 3.63) is 35.4 Å². The van der Waals surface area contributed by atoms with E-state index in [2.05, 4.69) is 29.2 Å². The van der Waals surface area contributed by atoms with Crippen LogP contribution in [0.5, 0.6) is 0 Å². The molecule has 1 aromatic rings. The van der Waals surface area contributed by atoms with E-state index in [0.29, 0.717) is 11.6 Å². The highest BCUT2D eigenvalue weighted by molar-refractivity contribution is 5.27. The van der Waals surface area contributed by atoms with E-state index in [1.54, 1.807) is 6.07 Å². The minimum Gasteiger partial charge on any atom is -0.309 e. The highest BCUT2D eigenvalue weighted by atomic mass is 19.4. The molecule has 1 saturated heterocycles. The minimum atomic E-state index is -4.29. The minimum absolute atomic E-state index is 0.0911. The lowest BCUT2D eigenvalue weighted by Crippen LogP contribution is -2.44. The topological polar surface area (TPSA) is 18.5 Å². The SMILES string of the molecule is C[C@H](NCCN1CCC(N(C)C)CC1)c1cccc(C(F)(F)F)c1. The Kier molecular flexibility index (Phi) is 6.66. The molecule has 1 N–H and O–H groups in total. The molecule has 24 heavy (non-hydrogen) atoms. The number of alkyl halides is 3. The lowest BCUT2D eigenvalue weighted by Gasteiger charge is -2.35. The van der Waals surface area contributed by atoms with Crippen LogP contribution in [0.2, 0.25) is 0 Å². The molecule has 0 amide bonds. The van der Waals surface area contributed by atoms with Crippen molar-refractivity contribution in [2.45, 2.75) is 38.0 Å². The molecule has 136 valence electrons. The Morgan fingerprint density at radius 2 is 1.92 bits per heavy atom. The second-order valence-corrected chi connectivity index (χ2v) is 6.84. The van der Waals surface area contributed by atoms with Gasteiger partial charge in [0, 0.05) is 25.2 Å². The molecule has 0 aliphatic carbocycles. The molecule has 0 unspecified atom stereocenters. The quantitative estimate of drug-likeness (QED) is 0.854. The Balaban J connectivity index is 1.77. The van der Waals surface area contributed by atoms with Gasteiger partial charge in [-0.3, -0.25) is 0 Å². The van der Waals surface area contributed by atoms with Gasteiger partial charge in [0.05, 0.1) is 5.56 Å². The van der Waals surface area contributed by atoms with Crippen LogP contribution in [0.25, 0.3) is 0 Å². The number of rotatable bonds is 6. The van der Waals surface area contributed by atoms with Gasteiger partial charge in [0.2, 0.25) is 0 Å². The fourth-order valence-corrected chi connectivity index (χ4v) is 3.20. The number of likely N-dealkylation sites (tertiary alicyclic amines) is 1. The van der Waals surface area contributed by atoms with Gasteiger partial charge >= 0.3 is 6.18 Å². The fourth-order valence-electron chi connectivity index (χ4n) is 3.20. The van der Waals surface area contributed by atoms with Gasteiger partial charge in [0.1, 0.15) is 0 Å². The smallest absolute Gasteiger partial charge is 0.309 e. The van der Waals surface area contributed by atoms with Crippen molar-refractivity contribution in [2.75, 3.05) is 40.3 Å². The van der Waals surface area contributed by atoms with Crippen LogP contribution >= 0.6 is 0 Å². The molecule has 2 rings (SSSR count). The van der Waals surface area contributed by atoms with Crippen LogP contribution in [-0.2, 0) is 6.18 Å². The molecule has 0 aromatic heterocycles. The second kappa shape index (κ2) is 8.32. The molecular weight excluding hydrogens is 315 g/mol. The van der Waals surface area contributed by atoms with E-state index in [-0.39, 0.29) is 6.04 Å². The number of benzene rings is 1. The maximum Gasteiger partial charge on any atom is 0.416 e. The maximum atomic E-state index is 12.8. The van der Waals surface area contributed by atoms with Crippen LogP contribution in [0.1, 0.15) is 36.9 Å². The number of nitrogens with one attached hydrogen (secondary N) is 1. The average molecular weight is 343 g/mol. The van der Waals surface area contributed by atoms with Crippen LogP contribution in [-0.4, -0.2) is 56.1 Å². The van der Waals surface area contributed by atoms with Gasteiger partial charge in [0.25, 0.3) is 0 Å². The molecule has 1 atom stereocenters. The molecule has 1 fully saturated rings. The van der Waals surface area contributed by atoms with Crippen molar-refractivity contribution in [1.29, 1.82) is 0 Å². The second-order valence-electron chi connectivity index (χ2n) is 6.84. The molecule has 1 aromatic carbocycles. The predicted molar refractivity (Wildman–Crippen MR) is 91.0 cm³/mol. The van der Waals surface area contributed by atoms with E-state index in [0.717, 1.165) is 32.2 Å². The first kappa shape index (κ1) is 19.2. The molecule has 0 spiro atoms.